The summed E-state index contributed by atoms with van der Waals surface area (Å²) in [7, 11) is 0. The van der Waals surface area contributed by atoms with Gasteiger partial charge in [-0.25, -0.2) is 4.98 Å². The molecule has 1 aliphatic rings. The summed E-state index contributed by atoms with van der Waals surface area (Å²) in [6, 6.07) is 2.11. The van der Waals surface area contributed by atoms with Crippen molar-refractivity contribution in [2.75, 3.05) is 0 Å². The number of aryl methyl sites for hydroxylation is 2. The van der Waals surface area contributed by atoms with Crippen LogP contribution in [-0.2, 0) is 12.8 Å². The van der Waals surface area contributed by atoms with E-state index in [9.17, 15) is 0 Å². The smallest absolute Gasteiger partial charge is 0.196 e. The van der Waals surface area contributed by atoms with E-state index in [2.05, 4.69) is 11.1 Å². The highest BCUT2D eigenvalue weighted by Gasteiger charge is 2.22. The number of fused-ring (bicyclic) bond motifs is 3. The molecule has 3 nitrogen and oxygen atoms in total. The minimum Gasteiger partial charge on any atom is -0.277 e. The van der Waals surface area contributed by atoms with Crippen LogP contribution in [0.3, 0.4) is 0 Å². The fourth-order valence-electron chi connectivity index (χ4n) is 1.95. The van der Waals surface area contributed by atoms with Crippen molar-refractivity contribution in [3.8, 4) is 6.07 Å². The van der Waals surface area contributed by atoms with Crippen molar-refractivity contribution in [3.63, 3.8) is 0 Å². The van der Waals surface area contributed by atoms with Gasteiger partial charge in [-0.2, -0.15) is 5.26 Å². The molecule has 0 aromatic carbocycles. The molecule has 0 fully saturated rings. The van der Waals surface area contributed by atoms with Crippen molar-refractivity contribution in [1.82, 2.24) is 9.38 Å². The molecule has 0 saturated carbocycles. The molecule has 0 amide bonds. The van der Waals surface area contributed by atoms with E-state index in [0.717, 1.165) is 17.8 Å². The van der Waals surface area contributed by atoms with Gasteiger partial charge in [0, 0.05) is 10.6 Å². The lowest BCUT2D eigenvalue weighted by molar-refractivity contribution is 0.886. The predicted molar refractivity (Wildman–Crippen MR) is 54.8 cm³/mol. The van der Waals surface area contributed by atoms with E-state index >= 15 is 0 Å². The van der Waals surface area contributed by atoms with Gasteiger partial charge in [0.2, 0.25) is 0 Å². The molecule has 3 rings (SSSR count). The van der Waals surface area contributed by atoms with E-state index in [0.29, 0.717) is 10.8 Å². The molecule has 2 aromatic rings. The van der Waals surface area contributed by atoms with E-state index in [4.69, 9.17) is 16.9 Å². The second-order valence-corrected chi connectivity index (χ2v) is 4.73. The molecule has 2 heterocycles. The minimum atomic E-state index is 0.327. The third-order valence-corrected chi connectivity index (χ3v) is 3.94. The van der Waals surface area contributed by atoms with Gasteiger partial charge < -0.3 is 0 Å². The van der Waals surface area contributed by atoms with Crippen molar-refractivity contribution < 1.29 is 0 Å². The molecule has 0 saturated heterocycles. The van der Waals surface area contributed by atoms with E-state index in [1.165, 1.54) is 17.0 Å². The largest absolute Gasteiger partial charge is 0.277 e. The van der Waals surface area contributed by atoms with Gasteiger partial charge in [-0.3, -0.25) is 4.40 Å². The van der Waals surface area contributed by atoms with Crippen molar-refractivity contribution in [3.05, 3.63) is 21.4 Å². The quantitative estimate of drug-likeness (QED) is 0.688. The van der Waals surface area contributed by atoms with Gasteiger partial charge in [0.25, 0.3) is 0 Å². The highest BCUT2D eigenvalue weighted by atomic mass is 35.5. The van der Waals surface area contributed by atoms with E-state index in [-0.39, 0.29) is 0 Å². The second-order valence-electron chi connectivity index (χ2n) is 3.31. The first kappa shape index (κ1) is 8.27. The molecule has 0 spiro atoms. The number of aromatic nitrogens is 2. The summed E-state index contributed by atoms with van der Waals surface area (Å²) in [4.78, 5) is 6.39. The van der Waals surface area contributed by atoms with Crippen LogP contribution in [0.5, 0.6) is 0 Å². The Morgan fingerprint density at radius 1 is 1.50 bits per heavy atom. The molecule has 0 radical (unpaired) electrons. The summed E-state index contributed by atoms with van der Waals surface area (Å²) < 4.78 is 1.91. The first-order chi connectivity index (χ1) is 6.81. The fourth-order valence-corrected chi connectivity index (χ4v) is 3.41. The van der Waals surface area contributed by atoms with Gasteiger partial charge >= 0.3 is 0 Å². The highest BCUT2D eigenvalue weighted by Crippen LogP contribution is 2.33. The number of thiazole rings is 1. The van der Waals surface area contributed by atoms with Gasteiger partial charge in [-0.05, 0) is 19.3 Å². The minimum absolute atomic E-state index is 0.327. The Labute approximate surface area is 89.6 Å². The Morgan fingerprint density at radius 3 is 3.14 bits per heavy atom. The van der Waals surface area contributed by atoms with Gasteiger partial charge in [0.15, 0.2) is 15.8 Å². The molecule has 0 atom stereocenters. The Bertz CT molecular complexity index is 561. The lowest BCUT2D eigenvalue weighted by atomic mass is 10.3. The molecule has 0 unspecified atom stereocenters. The van der Waals surface area contributed by atoms with E-state index < -0.39 is 0 Å². The molecule has 70 valence electrons. The third kappa shape index (κ3) is 0.887. The maximum atomic E-state index is 8.96. The standard InChI is InChI=1S/C9H6ClN3S/c10-8-6(4-11)13-5-2-1-3-7(5)14-9(13)12-8/h1-3H2. The zero-order valence-electron chi connectivity index (χ0n) is 7.25. The molecular weight excluding hydrogens is 218 g/mol. The Hall–Kier alpha value is -1.05. The average Bonchev–Trinajstić information content (AvgIpc) is 2.74. The van der Waals surface area contributed by atoms with Crippen LogP contribution in [-0.4, -0.2) is 9.38 Å². The third-order valence-electron chi connectivity index (χ3n) is 2.53. The molecule has 2 aromatic heterocycles. The predicted octanol–water partition coefficient (Wildman–Crippen LogP) is 2.41. The number of hydrogen-bond donors (Lipinski definition) is 0. The summed E-state index contributed by atoms with van der Waals surface area (Å²) in [5.74, 6) is 0. The zero-order valence-corrected chi connectivity index (χ0v) is 8.82. The number of rotatable bonds is 0. The summed E-state index contributed by atoms with van der Waals surface area (Å²) in [5, 5.41) is 9.29. The van der Waals surface area contributed by atoms with Crippen LogP contribution in [0, 0.1) is 11.3 Å². The van der Waals surface area contributed by atoms with Crippen LogP contribution in [0.2, 0.25) is 5.15 Å². The first-order valence-electron chi connectivity index (χ1n) is 4.40. The van der Waals surface area contributed by atoms with Crippen LogP contribution < -0.4 is 0 Å². The van der Waals surface area contributed by atoms with Crippen molar-refractivity contribution in [1.29, 1.82) is 5.26 Å². The number of nitrogens with zero attached hydrogens (tertiary/aromatic N) is 3. The van der Waals surface area contributed by atoms with E-state index in [1.54, 1.807) is 11.3 Å². The Morgan fingerprint density at radius 2 is 2.36 bits per heavy atom. The molecule has 1 aliphatic carbocycles. The van der Waals surface area contributed by atoms with Crippen molar-refractivity contribution in [2.24, 2.45) is 0 Å². The summed E-state index contributed by atoms with van der Waals surface area (Å²) >= 11 is 7.52. The molecule has 5 heteroatoms. The number of imidazole rings is 1. The highest BCUT2D eigenvalue weighted by molar-refractivity contribution is 7.17. The SMILES string of the molecule is N#Cc1c(Cl)nc2sc3c(n12)CCC3. The second kappa shape index (κ2) is 2.72. The number of halogens is 1. The average molecular weight is 224 g/mol. The Balaban J connectivity index is 2.45. The first-order valence-corrected chi connectivity index (χ1v) is 5.59. The normalized spacial score (nSPS) is 14.6. The van der Waals surface area contributed by atoms with Crippen LogP contribution in [0.4, 0.5) is 0 Å². The maximum absolute atomic E-state index is 8.96. The fraction of sp³-hybridized carbons (Fsp3) is 0.333. The van der Waals surface area contributed by atoms with Crippen LogP contribution >= 0.6 is 22.9 Å². The van der Waals surface area contributed by atoms with Crippen LogP contribution in [0.1, 0.15) is 22.7 Å². The Kier molecular flexibility index (Phi) is 1.61. The van der Waals surface area contributed by atoms with Gasteiger partial charge in [-0.1, -0.05) is 11.6 Å². The maximum Gasteiger partial charge on any atom is 0.196 e. The topological polar surface area (TPSA) is 41.1 Å². The van der Waals surface area contributed by atoms with Gasteiger partial charge in [0.1, 0.15) is 6.07 Å². The van der Waals surface area contributed by atoms with Gasteiger partial charge in [0.05, 0.1) is 0 Å². The van der Waals surface area contributed by atoms with E-state index in [1.807, 2.05) is 4.40 Å². The van der Waals surface area contributed by atoms with Crippen LogP contribution in [0.25, 0.3) is 4.96 Å². The molecule has 0 N–H and O–H groups in total. The van der Waals surface area contributed by atoms with Crippen molar-refractivity contribution >= 4 is 27.9 Å². The lowest BCUT2D eigenvalue weighted by Crippen LogP contribution is -1.91. The van der Waals surface area contributed by atoms with Gasteiger partial charge in [-0.15, -0.1) is 11.3 Å². The zero-order chi connectivity index (χ0) is 9.71. The lowest BCUT2D eigenvalue weighted by Gasteiger charge is -1.92. The monoisotopic (exact) mass is 223 g/mol. The number of nitriles is 1. The van der Waals surface area contributed by atoms with Crippen molar-refractivity contribution in [2.45, 2.75) is 19.3 Å². The summed E-state index contributed by atoms with van der Waals surface area (Å²) in [5.41, 5.74) is 1.72. The molecule has 0 bridgehead atoms. The molecule has 0 aliphatic heterocycles. The molecule has 14 heavy (non-hydrogen) atoms. The molecular formula is C9H6ClN3S. The summed E-state index contributed by atoms with van der Waals surface area (Å²) in [6.07, 6.45) is 3.33. The van der Waals surface area contributed by atoms with Crippen LogP contribution in [0.15, 0.2) is 0 Å². The number of hydrogen-bond acceptors (Lipinski definition) is 3. The summed E-state index contributed by atoms with van der Waals surface area (Å²) in [6.45, 7) is 0.